The molecule has 0 saturated heterocycles. The molecule has 2 aromatic carbocycles. The van der Waals surface area contributed by atoms with E-state index in [0.29, 0.717) is 0 Å². The second-order valence-corrected chi connectivity index (χ2v) is 6.67. The molecule has 0 unspecified atom stereocenters. The molecule has 4 heteroatoms. The Morgan fingerprint density at radius 2 is 1.79 bits per heavy atom. The van der Waals surface area contributed by atoms with Crippen molar-refractivity contribution in [3.8, 4) is 5.75 Å². The monoisotopic (exact) mass is 325 g/mol. The van der Waals surface area contributed by atoms with Crippen molar-refractivity contribution >= 4 is 5.69 Å². The lowest BCUT2D eigenvalue weighted by Gasteiger charge is -2.39. The van der Waals surface area contributed by atoms with Gasteiger partial charge in [0.2, 0.25) is 0 Å². The van der Waals surface area contributed by atoms with Gasteiger partial charge in [0.05, 0.1) is 13.8 Å². The molecule has 0 radical (unpaired) electrons. The molecule has 0 bridgehead atoms. The molecule has 0 fully saturated rings. The molecule has 2 aromatic rings. The van der Waals surface area contributed by atoms with Crippen LogP contribution in [0.15, 0.2) is 48.5 Å². The zero-order valence-electron chi connectivity index (χ0n) is 14.9. The number of para-hydroxylation sites is 1. The largest absolute Gasteiger partial charge is 0.497 e. The number of likely N-dealkylation sites (N-methyl/N-ethyl adjacent to an activating group) is 1. The molecule has 0 amide bonds. The zero-order chi connectivity index (χ0) is 16.9. The summed E-state index contributed by atoms with van der Waals surface area (Å²) in [4.78, 5) is 7.23. The van der Waals surface area contributed by atoms with Crippen molar-refractivity contribution in [2.75, 3.05) is 45.9 Å². The normalized spacial score (nSPS) is 14.8. The van der Waals surface area contributed by atoms with E-state index in [-0.39, 0.29) is 0 Å². The molecular formula is C20H27N3O. The summed E-state index contributed by atoms with van der Waals surface area (Å²) in [5, 5.41) is 0. The van der Waals surface area contributed by atoms with Gasteiger partial charge in [0.25, 0.3) is 0 Å². The summed E-state index contributed by atoms with van der Waals surface area (Å²) < 4.78 is 5.25. The lowest BCUT2D eigenvalue weighted by Crippen LogP contribution is -2.44. The van der Waals surface area contributed by atoms with E-state index in [0.717, 1.165) is 38.6 Å². The summed E-state index contributed by atoms with van der Waals surface area (Å²) in [7, 11) is 5.97. The Labute approximate surface area is 145 Å². The number of anilines is 1. The number of hydrogen-bond donors (Lipinski definition) is 0. The molecular weight excluding hydrogens is 298 g/mol. The summed E-state index contributed by atoms with van der Waals surface area (Å²) in [5.74, 6) is 0.912. The van der Waals surface area contributed by atoms with Gasteiger partial charge in [0.1, 0.15) is 5.75 Å². The SMILES string of the molecule is COc1ccc(CN2Cc3ccccc3N(CCN(C)C)C2)cc1. The first-order valence-corrected chi connectivity index (χ1v) is 8.48. The van der Waals surface area contributed by atoms with Crippen LogP contribution in [0.3, 0.4) is 0 Å². The summed E-state index contributed by atoms with van der Waals surface area (Å²) in [6.07, 6.45) is 0. The van der Waals surface area contributed by atoms with E-state index in [2.05, 4.69) is 65.2 Å². The quantitative estimate of drug-likeness (QED) is 0.812. The maximum atomic E-state index is 5.25. The number of methoxy groups -OCH3 is 1. The predicted octanol–water partition coefficient (Wildman–Crippen LogP) is 3.04. The van der Waals surface area contributed by atoms with Crippen molar-refractivity contribution in [3.05, 3.63) is 59.7 Å². The number of benzene rings is 2. The predicted molar refractivity (Wildman–Crippen MR) is 99.5 cm³/mol. The molecule has 0 aliphatic carbocycles. The van der Waals surface area contributed by atoms with Gasteiger partial charge in [-0.1, -0.05) is 30.3 Å². The molecule has 1 heterocycles. The Morgan fingerprint density at radius 1 is 1.04 bits per heavy atom. The van der Waals surface area contributed by atoms with Gasteiger partial charge >= 0.3 is 0 Å². The van der Waals surface area contributed by atoms with Crippen LogP contribution in [0, 0.1) is 0 Å². The molecule has 0 aromatic heterocycles. The molecule has 0 atom stereocenters. The van der Waals surface area contributed by atoms with Crippen molar-refractivity contribution in [2.24, 2.45) is 0 Å². The Balaban J connectivity index is 1.73. The highest BCUT2D eigenvalue weighted by Gasteiger charge is 2.22. The summed E-state index contributed by atoms with van der Waals surface area (Å²) >= 11 is 0. The van der Waals surface area contributed by atoms with Crippen LogP contribution in [-0.2, 0) is 13.1 Å². The van der Waals surface area contributed by atoms with Gasteiger partial charge in [-0.2, -0.15) is 0 Å². The first kappa shape index (κ1) is 16.8. The van der Waals surface area contributed by atoms with Gasteiger partial charge in [-0.15, -0.1) is 0 Å². The fraction of sp³-hybridized carbons (Fsp3) is 0.400. The second-order valence-electron chi connectivity index (χ2n) is 6.67. The van der Waals surface area contributed by atoms with Crippen LogP contribution < -0.4 is 9.64 Å². The third-order valence-corrected chi connectivity index (χ3v) is 4.48. The van der Waals surface area contributed by atoms with Crippen LogP contribution in [0.5, 0.6) is 5.75 Å². The molecule has 1 aliphatic heterocycles. The molecule has 0 saturated carbocycles. The summed E-state index contributed by atoms with van der Waals surface area (Å²) in [6.45, 7) is 5.03. The average Bonchev–Trinajstić information content (AvgIpc) is 2.60. The van der Waals surface area contributed by atoms with E-state index in [4.69, 9.17) is 4.74 Å². The maximum absolute atomic E-state index is 5.25. The third-order valence-electron chi connectivity index (χ3n) is 4.48. The lowest BCUT2D eigenvalue weighted by atomic mass is 10.1. The third kappa shape index (κ3) is 4.08. The topological polar surface area (TPSA) is 19.0 Å². The van der Waals surface area contributed by atoms with Gasteiger partial charge in [-0.25, -0.2) is 0 Å². The van der Waals surface area contributed by atoms with Crippen LogP contribution in [0.1, 0.15) is 11.1 Å². The van der Waals surface area contributed by atoms with Crippen molar-refractivity contribution < 1.29 is 4.74 Å². The number of ether oxygens (including phenoxy) is 1. The Kier molecular flexibility index (Phi) is 5.38. The van der Waals surface area contributed by atoms with Gasteiger partial charge < -0.3 is 14.5 Å². The van der Waals surface area contributed by atoms with Crippen LogP contribution in [0.2, 0.25) is 0 Å². The first-order chi connectivity index (χ1) is 11.7. The Hall–Kier alpha value is -2.04. The Bertz CT molecular complexity index is 654. The maximum Gasteiger partial charge on any atom is 0.118 e. The first-order valence-electron chi connectivity index (χ1n) is 8.48. The van der Waals surface area contributed by atoms with Crippen molar-refractivity contribution in [1.82, 2.24) is 9.80 Å². The number of hydrogen-bond acceptors (Lipinski definition) is 4. The van der Waals surface area contributed by atoms with E-state index in [1.807, 2.05) is 12.1 Å². The van der Waals surface area contributed by atoms with Crippen LogP contribution in [0.25, 0.3) is 0 Å². The zero-order valence-corrected chi connectivity index (χ0v) is 14.9. The van der Waals surface area contributed by atoms with Crippen LogP contribution >= 0.6 is 0 Å². The van der Waals surface area contributed by atoms with E-state index >= 15 is 0 Å². The molecule has 3 rings (SSSR count). The number of nitrogens with zero attached hydrogens (tertiary/aromatic N) is 3. The molecule has 4 nitrogen and oxygen atoms in total. The summed E-state index contributed by atoms with van der Waals surface area (Å²) in [5.41, 5.74) is 4.11. The van der Waals surface area contributed by atoms with E-state index in [1.54, 1.807) is 7.11 Å². The van der Waals surface area contributed by atoms with E-state index in [1.165, 1.54) is 16.8 Å². The summed E-state index contributed by atoms with van der Waals surface area (Å²) in [6, 6.07) is 17.2. The minimum atomic E-state index is 0.912. The van der Waals surface area contributed by atoms with Gasteiger partial charge in [0, 0.05) is 31.9 Å². The Morgan fingerprint density at radius 3 is 2.50 bits per heavy atom. The van der Waals surface area contributed by atoms with Gasteiger partial charge in [-0.3, -0.25) is 4.90 Å². The number of fused-ring (bicyclic) bond motifs is 1. The van der Waals surface area contributed by atoms with Crippen molar-refractivity contribution in [3.63, 3.8) is 0 Å². The van der Waals surface area contributed by atoms with Gasteiger partial charge in [-0.05, 0) is 43.4 Å². The van der Waals surface area contributed by atoms with Crippen LogP contribution in [0.4, 0.5) is 5.69 Å². The highest BCUT2D eigenvalue weighted by Crippen LogP contribution is 2.28. The smallest absolute Gasteiger partial charge is 0.118 e. The van der Waals surface area contributed by atoms with E-state index in [9.17, 15) is 0 Å². The van der Waals surface area contributed by atoms with Gasteiger partial charge in [0.15, 0.2) is 0 Å². The lowest BCUT2D eigenvalue weighted by molar-refractivity contribution is 0.239. The highest BCUT2D eigenvalue weighted by molar-refractivity contribution is 5.55. The van der Waals surface area contributed by atoms with E-state index < -0.39 is 0 Å². The highest BCUT2D eigenvalue weighted by atomic mass is 16.5. The fourth-order valence-corrected chi connectivity index (χ4v) is 3.17. The molecule has 1 aliphatic rings. The van der Waals surface area contributed by atoms with Crippen molar-refractivity contribution in [1.29, 1.82) is 0 Å². The van der Waals surface area contributed by atoms with Crippen molar-refractivity contribution in [2.45, 2.75) is 13.1 Å². The standard InChI is InChI=1S/C20H27N3O/c1-21(2)12-13-23-16-22(15-18-6-4-5-7-20(18)23)14-17-8-10-19(24-3)11-9-17/h4-11H,12-16H2,1-3H3. The number of rotatable bonds is 6. The molecule has 24 heavy (non-hydrogen) atoms. The second kappa shape index (κ2) is 7.69. The van der Waals surface area contributed by atoms with Crippen LogP contribution in [-0.4, -0.2) is 50.8 Å². The molecule has 0 N–H and O–H groups in total. The minimum absolute atomic E-state index is 0.912. The molecule has 0 spiro atoms. The average molecular weight is 325 g/mol. The fourth-order valence-electron chi connectivity index (χ4n) is 3.17. The molecule has 128 valence electrons. The minimum Gasteiger partial charge on any atom is -0.497 e.